The standard InChI is InChI=1S/C18H17NO7/c1-10-12(18(22)23-2)7-11(25-10)9-24-16(20)8-15-17(21)19-13-5-3-4-6-14(13)26-15/h3-7,15H,8-9H2,1-2H3,(H,19,21). The zero-order valence-corrected chi connectivity index (χ0v) is 14.2. The molecule has 0 saturated heterocycles. The predicted molar refractivity (Wildman–Crippen MR) is 88.7 cm³/mol. The number of rotatable bonds is 5. The van der Waals surface area contributed by atoms with Crippen molar-refractivity contribution in [3.63, 3.8) is 0 Å². The van der Waals surface area contributed by atoms with Crippen LogP contribution in [-0.2, 0) is 25.7 Å². The van der Waals surface area contributed by atoms with E-state index >= 15 is 0 Å². The molecule has 136 valence electrons. The molecule has 1 N–H and O–H groups in total. The van der Waals surface area contributed by atoms with Crippen LogP contribution in [0.25, 0.3) is 0 Å². The van der Waals surface area contributed by atoms with E-state index in [-0.39, 0.29) is 18.6 Å². The Bertz CT molecular complexity index is 855. The first-order valence-corrected chi connectivity index (χ1v) is 7.87. The Morgan fingerprint density at radius 1 is 1.27 bits per heavy atom. The minimum absolute atomic E-state index is 0.165. The Kier molecular flexibility index (Phi) is 4.92. The largest absolute Gasteiger partial charge is 0.478 e. The quantitative estimate of drug-likeness (QED) is 0.816. The SMILES string of the molecule is COC(=O)c1cc(COC(=O)CC2Oc3ccccc3NC2=O)oc1C. The van der Waals surface area contributed by atoms with Crippen molar-refractivity contribution in [1.82, 2.24) is 0 Å². The first kappa shape index (κ1) is 17.5. The van der Waals surface area contributed by atoms with Crippen molar-refractivity contribution in [3.05, 3.63) is 47.4 Å². The summed E-state index contributed by atoms with van der Waals surface area (Å²) in [5.74, 6) is -0.408. The third-order valence-corrected chi connectivity index (χ3v) is 3.81. The minimum atomic E-state index is -0.971. The number of furan rings is 1. The number of anilines is 1. The van der Waals surface area contributed by atoms with Gasteiger partial charge in [-0.2, -0.15) is 0 Å². The highest BCUT2D eigenvalue weighted by Crippen LogP contribution is 2.29. The summed E-state index contributed by atoms with van der Waals surface area (Å²) in [6, 6.07) is 8.40. The molecule has 1 aliphatic heterocycles. The fourth-order valence-corrected chi connectivity index (χ4v) is 2.52. The molecule has 8 heteroatoms. The van der Waals surface area contributed by atoms with Crippen LogP contribution in [0.15, 0.2) is 34.7 Å². The van der Waals surface area contributed by atoms with Crippen molar-refractivity contribution in [2.24, 2.45) is 0 Å². The monoisotopic (exact) mass is 359 g/mol. The Hall–Kier alpha value is -3.29. The number of hydrogen-bond donors (Lipinski definition) is 1. The van der Waals surface area contributed by atoms with Crippen molar-refractivity contribution in [3.8, 4) is 5.75 Å². The van der Waals surface area contributed by atoms with Crippen molar-refractivity contribution >= 4 is 23.5 Å². The molecular weight excluding hydrogens is 342 g/mol. The molecule has 8 nitrogen and oxygen atoms in total. The van der Waals surface area contributed by atoms with Gasteiger partial charge in [-0.3, -0.25) is 9.59 Å². The van der Waals surface area contributed by atoms with Crippen molar-refractivity contribution < 1.29 is 33.0 Å². The minimum Gasteiger partial charge on any atom is -0.478 e. The molecule has 1 unspecified atom stereocenters. The van der Waals surface area contributed by atoms with Gasteiger partial charge in [0.05, 0.1) is 19.2 Å². The molecule has 0 saturated carbocycles. The molecule has 0 fully saturated rings. The number of carbonyl (C=O) groups is 3. The summed E-state index contributed by atoms with van der Waals surface area (Å²) in [7, 11) is 1.27. The van der Waals surface area contributed by atoms with Gasteiger partial charge in [0, 0.05) is 0 Å². The number of aryl methyl sites for hydroxylation is 1. The van der Waals surface area contributed by atoms with E-state index in [4.69, 9.17) is 13.9 Å². The average Bonchev–Trinajstić information content (AvgIpc) is 3.00. The predicted octanol–water partition coefficient (Wildman–Crippen LogP) is 2.21. The zero-order valence-electron chi connectivity index (χ0n) is 14.2. The number of carbonyl (C=O) groups excluding carboxylic acids is 3. The van der Waals surface area contributed by atoms with Gasteiger partial charge in [0.1, 0.15) is 29.4 Å². The zero-order chi connectivity index (χ0) is 18.7. The summed E-state index contributed by atoms with van der Waals surface area (Å²) in [5, 5.41) is 2.68. The summed E-state index contributed by atoms with van der Waals surface area (Å²) in [4.78, 5) is 35.6. The van der Waals surface area contributed by atoms with Crippen LogP contribution in [0, 0.1) is 6.92 Å². The van der Waals surface area contributed by atoms with Crippen LogP contribution in [0.5, 0.6) is 5.75 Å². The average molecular weight is 359 g/mol. The lowest BCUT2D eigenvalue weighted by Gasteiger charge is -2.25. The van der Waals surface area contributed by atoms with Gasteiger partial charge in [0.2, 0.25) is 0 Å². The van der Waals surface area contributed by atoms with Crippen molar-refractivity contribution in [2.45, 2.75) is 26.1 Å². The van der Waals surface area contributed by atoms with Crippen LogP contribution in [0.3, 0.4) is 0 Å². The van der Waals surface area contributed by atoms with Crippen LogP contribution >= 0.6 is 0 Å². The van der Waals surface area contributed by atoms with Gasteiger partial charge in [0.15, 0.2) is 6.10 Å². The van der Waals surface area contributed by atoms with E-state index in [0.29, 0.717) is 23.0 Å². The van der Waals surface area contributed by atoms with E-state index in [1.54, 1.807) is 31.2 Å². The van der Waals surface area contributed by atoms with Crippen LogP contribution in [0.1, 0.15) is 28.3 Å². The maximum absolute atomic E-state index is 12.0. The number of hydrogen-bond acceptors (Lipinski definition) is 7. The van der Waals surface area contributed by atoms with Gasteiger partial charge < -0.3 is 23.9 Å². The Morgan fingerprint density at radius 3 is 2.81 bits per heavy atom. The molecular formula is C18H17NO7. The number of benzene rings is 1. The molecule has 0 spiro atoms. The Morgan fingerprint density at radius 2 is 2.04 bits per heavy atom. The highest BCUT2D eigenvalue weighted by atomic mass is 16.5. The number of nitrogens with one attached hydrogen (secondary N) is 1. The lowest BCUT2D eigenvalue weighted by Crippen LogP contribution is -2.38. The highest BCUT2D eigenvalue weighted by Gasteiger charge is 2.30. The summed E-state index contributed by atoms with van der Waals surface area (Å²) in [6.45, 7) is 1.44. The summed E-state index contributed by atoms with van der Waals surface area (Å²) in [6.07, 6.45) is -1.22. The van der Waals surface area contributed by atoms with Gasteiger partial charge in [-0.15, -0.1) is 0 Å². The van der Waals surface area contributed by atoms with E-state index in [0.717, 1.165) is 0 Å². The van der Waals surface area contributed by atoms with Gasteiger partial charge in [0.25, 0.3) is 5.91 Å². The number of esters is 2. The second-order valence-electron chi connectivity index (χ2n) is 5.63. The smallest absolute Gasteiger partial charge is 0.341 e. The molecule has 26 heavy (non-hydrogen) atoms. The van der Waals surface area contributed by atoms with E-state index in [2.05, 4.69) is 10.1 Å². The van der Waals surface area contributed by atoms with Crippen LogP contribution in [-0.4, -0.2) is 31.1 Å². The van der Waals surface area contributed by atoms with Crippen molar-refractivity contribution in [1.29, 1.82) is 0 Å². The lowest BCUT2D eigenvalue weighted by atomic mass is 10.1. The third kappa shape index (κ3) is 3.69. The number of fused-ring (bicyclic) bond motifs is 1. The third-order valence-electron chi connectivity index (χ3n) is 3.81. The number of methoxy groups -OCH3 is 1. The van der Waals surface area contributed by atoms with E-state index in [9.17, 15) is 14.4 Å². The van der Waals surface area contributed by atoms with E-state index < -0.39 is 23.9 Å². The molecule has 1 aliphatic rings. The maximum Gasteiger partial charge on any atom is 0.341 e. The second-order valence-corrected chi connectivity index (χ2v) is 5.63. The van der Waals surface area contributed by atoms with Gasteiger partial charge in [-0.25, -0.2) is 4.79 Å². The topological polar surface area (TPSA) is 104 Å². The fraction of sp³-hybridized carbons (Fsp3) is 0.278. The highest BCUT2D eigenvalue weighted by molar-refractivity contribution is 5.99. The van der Waals surface area contributed by atoms with E-state index in [1.165, 1.54) is 13.2 Å². The molecule has 2 aromatic rings. The van der Waals surface area contributed by atoms with Gasteiger partial charge in [-0.05, 0) is 25.1 Å². The van der Waals surface area contributed by atoms with Gasteiger partial charge >= 0.3 is 11.9 Å². The molecule has 3 rings (SSSR count). The molecule has 1 aromatic carbocycles. The molecule has 0 radical (unpaired) electrons. The fourth-order valence-electron chi connectivity index (χ4n) is 2.52. The van der Waals surface area contributed by atoms with Crippen LogP contribution < -0.4 is 10.1 Å². The number of ether oxygens (including phenoxy) is 3. The Balaban J connectivity index is 1.56. The summed E-state index contributed by atoms with van der Waals surface area (Å²) in [5.41, 5.74) is 0.827. The second kappa shape index (κ2) is 7.30. The lowest BCUT2D eigenvalue weighted by molar-refractivity contribution is -0.149. The normalized spacial score (nSPS) is 15.5. The first-order chi connectivity index (χ1) is 12.5. The molecule has 1 aromatic heterocycles. The van der Waals surface area contributed by atoms with Gasteiger partial charge in [-0.1, -0.05) is 12.1 Å². The number of amides is 1. The summed E-state index contributed by atoms with van der Waals surface area (Å²) < 4.78 is 20.6. The number of para-hydroxylation sites is 2. The van der Waals surface area contributed by atoms with Crippen molar-refractivity contribution in [2.75, 3.05) is 12.4 Å². The summed E-state index contributed by atoms with van der Waals surface area (Å²) >= 11 is 0. The van der Waals surface area contributed by atoms with Crippen LogP contribution in [0.2, 0.25) is 0 Å². The molecule has 0 aliphatic carbocycles. The Labute approximate surface area is 149 Å². The molecule has 1 atom stereocenters. The first-order valence-electron chi connectivity index (χ1n) is 7.87. The molecule has 0 bridgehead atoms. The maximum atomic E-state index is 12.0. The molecule has 2 heterocycles. The van der Waals surface area contributed by atoms with Crippen LogP contribution in [0.4, 0.5) is 5.69 Å². The van der Waals surface area contributed by atoms with E-state index in [1.807, 2.05) is 0 Å². The molecule has 1 amide bonds.